The molecule has 0 amide bonds. The SMILES string of the molecule is C=C1C[C@@H]2CCC(O)/C=C\[C@H](O[Si](C)(C)C(C)(C)C)[C@@H]3O[C@H]4CC[C@H](CC(=O)O[C@@H]5[C@@H](C)[C@@H]6O[C@H](CCO[Si](C)(C)C(C)(C)C)[C@H](O[Si](C)(C)C(C)(C)C)C[C@@H]6O[C@H]5C[C@H]5O[C@@H](CC[C@@H]1O2)C[C@@H](C)C5=C)O[C@@H]4[C@H](O[Si](C)(C)C(C)(C)C)[C@@H]3O[Si](C)(C)C(C)(C)C. The molecule has 9 aliphatic heterocycles. The second kappa shape index (κ2) is 28.9. The first-order valence-electron chi connectivity index (χ1n) is 35.6. The summed E-state index contributed by atoms with van der Waals surface area (Å²) < 4.78 is 88.1. The molecule has 0 aromatic carbocycles. The third-order valence-corrected chi connectivity index (χ3v) is 47.0. The standard InChI is InChI=1S/C72H134O14Si5/c1-45-40-51-33-36-53-46(2)41-50(76-53)32-30-49(73)31-35-56(83-88(22,23)69(8,9)10)65-67(86-91(28,29)72(17,18)19)66(85-90(26,27)71(14,15)16)64-55(81-65)37-34-52(78-64)42-61(74)82-63-48(4)62-60(79-59(63)43-57(77-51)47(45)3)44-58(84-89(24,25)70(11,12)13)54(80-62)38-39-75-87(20,21)68(5,6)7/h31,35,45,48-60,62-67,73H,2-3,30,32-34,36-44H2,1,4-29H3/b35-31-/t45-,48+,49?,50+,51+,52-,53+,54-,55+,56+,57-,58-,59+,60+,62+,63-,64+,65+,66+,67-/m1/s1. The normalized spacial score (nSPS) is 37.5. The number of fused-ring (bicyclic) bond motifs is 3. The van der Waals surface area contributed by atoms with Gasteiger partial charge in [-0.2, -0.15) is 0 Å². The summed E-state index contributed by atoms with van der Waals surface area (Å²) in [6.07, 6.45) is 3.93. The van der Waals surface area contributed by atoms with E-state index in [2.05, 4.69) is 202 Å². The van der Waals surface area contributed by atoms with Gasteiger partial charge in [0.15, 0.2) is 41.6 Å². The quantitative estimate of drug-likeness (QED) is 0.112. The van der Waals surface area contributed by atoms with E-state index in [1.165, 1.54) is 0 Å². The van der Waals surface area contributed by atoms with Crippen molar-refractivity contribution in [2.75, 3.05) is 6.61 Å². The molecular weight excluding hydrogens is 1230 g/mol. The molecule has 20 atom stereocenters. The van der Waals surface area contributed by atoms with E-state index in [4.69, 9.17) is 55.3 Å². The van der Waals surface area contributed by atoms with E-state index >= 15 is 4.79 Å². The lowest BCUT2D eigenvalue weighted by molar-refractivity contribution is -0.275. The van der Waals surface area contributed by atoms with Crippen LogP contribution < -0.4 is 0 Å². The molecule has 0 aromatic heterocycles. The predicted octanol–water partition coefficient (Wildman–Crippen LogP) is 17.1. The van der Waals surface area contributed by atoms with Crippen molar-refractivity contribution in [2.45, 2.75) is 395 Å². The highest BCUT2D eigenvalue weighted by atomic mass is 28.4. The minimum absolute atomic E-state index is 0.0234. The fourth-order valence-electron chi connectivity index (χ4n) is 13.2. The van der Waals surface area contributed by atoms with E-state index in [1.54, 1.807) is 0 Å². The van der Waals surface area contributed by atoms with Gasteiger partial charge >= 0.3 is 5.97 Å². The van der Waals surface area contributed by atoms with Crippen molar-refractivity contribution in [3.8, 4) is 0 Å². The minimum Gasteiger partial charge on any atom is -0.459 e. The van der Waals surface area contributed by atoms with Gasteiger partial charge < -0.3 is 60.4 Å². The van der Waals surface area contributed by atoms with Crippen LogP contribution in [0.25, 0.3) is 0 Å². The summed E-state index contributed by atoms with van der Waals surface area (Å²) in [4.78, 5) is 15.3. The topological polar surface area (TPSA) is 148 Å². The van der Waals surface area contributed by atoms with Crippen molar-refractivity contribution in [3.63, 3.8) is 0 Å². The zero-order valence-electron chi connectivity index (χ0n) is 62.6. The number of hydrogen-bond acceptors (Lipinski definition) is 14. The first-order valence-corrected chi connectivity index (χ1v) is 50.2. The highest BCUT2D eigenvalue weighted by molar-refractivity contribution is 6.76. The van der Waals surface area contributed by atoms with Crippen LogP contribution >= 0.6 is 0 Å². The summed E-state index contributed by atoms with van der Waals surface area (Å²) >= 11 is 0. The van der Waals surface area contributed by atoms with E-state index in [-0.39, 0.29) is 98.2 Å². The highest BCUT2D eigenvalue weighted by Gasteiger charge is 2.59. The maximum absolute atomic E-state index is 15.3. The molecule has 9 rings (SSSR count). The van der Waals surface area contributed by atoms with Crippen LogP contribution in [0.3, 0.4) is 0 Å². The Morgan fingerprint density at radius 1 is 0.495 bits per heavy atom. The largest absolute Gasteiger partial charge is 0.459 e. The average molecular weight is 1360 g/mol. The molecule has 0 saturated carbocycles. The van der Waals surface area contributed by atoms with Gasteiger partial charge in [0.1, 0.15) is 30.5 Å². The van der Waals surface area contributed by atoms with Crippen molar-refractivity contribution in [1.29, 1.82) is 0 Å². The van der Waals surface area contributed by atoms with E-state index in [1.807, 2.05) is 6.08 Å². The number of hydrogen-bond donors (Lipinski definition) is 1. The van der Waals surface area contributed by atoms with Crippen LogP contribution in [0.5, 0.6) is 0 Å². The lowest BCUT2D eigenvalue weighted by Gasteiger charge is -2.56. The zero-order chi connectivity index (χ0) is 68.4. The van der Waals surface area contributed by atoms with E-state index in [0.717, 1.165) is 36.8 Å². The Kier molecular flexibility index (Phi) is 24.6. The first-order chi connectivity index (χ1) is 41.4. The van der Waals surface area contributed by atoms with Crippen LogP contribution in [0.2, 0.25) is 90.7 Å². The lowest BCUT2D eigenvalue weighted by Crippen LogP contribution is -2.69. The first kappa shape index (κ1) is 77.6. The Morgan fingerprint density at radius 3 is 1.58 bits per heavy atom. The molecule has 8 bridgehead atoms. The zero-order valence-corrected chi connectivity index (χ0v) is 67.6. The number of esters is 1. The van der Waals surface area contributed by atoms with Crippen molar-refractivity contribution in [3.05, 3.63) is 36.5 Å². The van der Waals surface area contributed by atoms with Gasteiger partial charge in [0.25, 0.3) is 0 Å². The molecule has 6 saturated heterocycles. The third kappa shape index (κ3) is 18.6. The molecule has 6 fully saturated rings. The summed E-state index contributed by atoms with van der Waals surface area (Å²) in [7, 11) is -12.1. The molecule has 91 heavy (non-hydrogen) atoms. The van der Waals surface area contributed by atoms with Crippen molar-refractivity contribution in [1.82, 2.24) is 0 Å². The maximum Gasteiger partial charge on any atom is 0.308 e. The molecule has 0 aromatic rings. The van der Waals surface area contributed by atoms with Crippen LogP contribution in [0, 0.1) is 11.8 Å². The fraction of sp³-hybridized carbons (Fsp3) is 0.903. The van der Waals surface area contributed by atoms with Gasteiger partial charge in [0.2, 0.25) is 0 Å². The van der Waals surface area contributed by atoms with Gasteiger partial charge in [-0.3, -0.25) is 4.79 Å². The van der Waals surface area contributed by atoms with Gasteiger partial charge in [-0.1, -0.05) is 143 Å². The maximum atomic E-state index is 15.3. The highest BCUT2D eigenvalue weighted by Crippen LogP contribution is 2.50. The van der Waals surface area contributed by atoms with E-state index in [0.29, 0.717) is 51.6 Å². The molecule has 0 aliphatic carbocycles. The molecule has 0 spiro atoms. The third-order valence-electron chi connectivity index (χ3n) is 24.6. The molecule has 1 N–H and O–H groups in total. The lowest BCUT2D eigenvalue weighted by atomic mass is 9.79. The van der Waals surface area contributed by atoms with Crippen LogP contribution in [0.4, 0.5) is 0 Å². The minimum atomic E-state index is -2.61. The Morgan fingerprint density at radius 2 is 1.00 bits per heavy atom. The number of carbonyl (C=O) groups excluding carboxylic acids is 1. The van der Waals surface area contributed by atoms with Gasteiger partial charge in [0.05, 0.1) is 85.8 Å². The van der Waals surface area contributed by atoms with Crippen molar-refractivity contribution < 1.29 is 65.2 Å². The number of rotatable bonds is 12. The Bertz CT molecular complexity index is 2480. The Labute approximate surface area is 559 Å². The van der Waals surface area contributed by atoms with Gasteiger partial charge in [-0.15, -0.1) is 0 Å². The molecule has 14 nitrogen and oxygen atoms in total. The van der Waals surface area contributed by atoms with Crippen molar-refractivity contribution >= 4 is 47.6 Å². The summed E-state index contributed by atoms with van der Waals surface area (Å²) in [5.74, 6) is -0.386. The summed E-state index contributed by atoms with van der Waals surface area (Å²) in [5, 5.41) is 11.6. The molecule has 526 valence electrons. The van der Waals surface area contributed by atoms with Gasteiger partial charge in [-0.25, -0.2) is 0 Å². The smallest absolute Gasteiger partial charge is 0.308 e. The Balaban J connectivity index is 1.30. The van der Waals surface area contributed by atoms with Crippen LogP contribution in [-0.2, 0) is 60.1 Å². The van der Waals surface area contributed by atoms with Gasteiger partial charge in [0, 0.05) is 25.4 Å². The van der Waals surface area contributed by atoms with E-state index in [9.17, 15) is 5.11 Å². The molecule has 9 aliphatic rings. The second-order valence-corrected chi connectivity index (χ2v) is 60.6. The molecule has 0 radical (unpaired) electrons. The van der Waals surface area contributed by atoms with Crippen LogP contribution in [0.1, 0.15) is 195 Å². The van der Waals surface area contributed by atoms with Crippen LogP contribution in [-0.4, -0.2) is 169 Å². The van der Waals surface area contributed by atoms with Crippen molar-refractivity contribution in [2.24, 2.45) is 11.8 Å². The number of carbonyl (C=O) groups is 1. The summed E-state index contributed by atoms with van der Waals surface area (Å²) in [5.41, 5.74) is 2.13. The molecule has 19 heteroatoms. The summed E-state index contributed by atoms with van der Waals surface area (Å²) in [6, 6.07) is 0. The number of aliphatic hydroxyl groups is 1. The monoisotopic (exact) mass is 1360 g/mol. The predicted molar refractivity (Wildman–Crippen MR) is 380 cm³/mol. The van der Waals surface area contributed by atoms with E-state index < -0.39 is 103 Å². The number of ether oxygens (including phenoxy) is 7. The Hall–Kier alpha value is -0.706. The van der Waals surface area contributed by atoms with Crippen LogP contribution in [0.15, 0.2) is 36.5 Å². The molecule has 9 heterocycles. The summed E-state index contributed by atoms with van der Waals surface area (Å²) in [6.45, 7) is 71.4. The fourth-order valence-corrected chi connectivity index (χ4v) is 19.5. The average Bonchev–Trinajstić information content (AvgIpc) is 1.09. The van der Waals surface area contributed by atoms with Gasteiger partial charge in [-0.05, 0) is 166 Å². The molecule has 1 unspecified atom stereocenters. The molecular formula is C72H134O14Si5. The second-order valence-electron chi connectivity index (χ2n) is 36.8. The number of aliphatic hydroxyl groups excluding tert-OH is 1.